The minimum Gasteiger partial charge on any atom is -0.493 e. The van der Waals surface area contributed by atoms with Crippen LogP contribution in [0.4, 0.5) is 0 Å². The quantitative estimate of drug-likeness (QED) is 0.715. The molecule has 0 aromatic heterocycles. The summed E-state index contributed by atoms with van der Waals surface area (Å²) in [6.07, 6.45) is 0.788. The van der Waals surface area contributed by atoms with Crippen molar-refractivity contribution in [3.8, 4) is 11.5 Å². The molecule has 0 heterocycles. The minimum atomic E-state index is -0.321. The molecule has 1 atom stereocenters. The molecular formula is C19H33NO3. The molecule has 23 heavy (non-hydrogen) atoms. The zero-order valence-corrected chi connectivity index (χ0v) is 15.5. The van der Waals surface area contributed by atoms with Crippen LogP contribution in [0.15, 0.2) is 18.2 Å². The number of hydrogen-bond donors (Lipinski definition) is 1. The summed E-state index contributed by atoms with van der Waals surface area (Å²) in [5.41, 5.74) is 1.09. The highest BCUT2D eigenvalue weighted by Crippen LogP contribution is 2.31. The van der Waals surface area contributed by atoms with Crippen LogP contribution in [0.5, 0.6) is 11.5 Å². The lowest BCUT2D eigenvalue weighted by Gasteiger charge is -2.28. The number of para-hydroxylation sites is 1. The molecule has 1 aromatic rings. The molecule has 1 aromatic carbocycles. The van der Waals surface area contributed by atoms with Crippen molar-refractivity contribution < 1.29 is 14.6 Å². The van der Waals surface area contributed by atoms with Gasteiger partial charge in [0.25, 0.3) is 0 Å². The van der Waals surface area contributed by atoms with Gasteiger partial charge in [0.1, 0.15) is 0 Å². The Kier molecular flexibility index (Phi) is 8.42. The van der Waals surface area contributed by atoms with E-state index >= 15 is 0 Å². The molecule has 0 unspecified atom stereocenters. The third kappa shape index (κ3) is 6.40. The van der Waals surface area contributed by atoms with Gasteiger partial charge in [0.15, 0.2) is 11.5 Å². The van der Waals surface area contributed by atoms with E-state index in [1.54, 1.807) is 14.2 Å². The van der Waals surface area contributed by atoms with Crippen LogP contribution in [0.3, 0.4) is 0 Å². The molecule has 1 rings (SSSR count). The van der Waals surface area contributed by atoms with Gasteiger partial charge in [0.05, 0.1) is 20.3 Å². The standard InChI is InChI=1S/C19H33NO3/c1-14(2)10-11-20(13-17(21)15(3)4)12-16-8-7-9-18(22-5)19(16)23-6/h7-9,14-15,17,21H,10-13H2,1-6H3/t17-/m0/s1. The van der Waals surface area contributed by atoms with E-state index in [9.17, 15) is 5.11 Å². The number of ether oxygens (including phenoxy) is 2. The Labute approximate surface area is 141 Å². The third-order valence-electron chi connectivity index (χ3n) is 4.12. The number of methoxy groups -OCH3 is 2. The normalized spacial score (nSPS) is 13.0. The van der Waals surface area contributed by atoms with E-state index in [4.69, 9.17) is 9.47 Å². The Hall–Kier alpha value is -1.26. The monoisotopic (exact) mass is 323 g/mol. The number of aliphatic hydroxyl groups is 1. The highest BCUT2D eigenvalue weighted by Gasteiger charge is 2.18. The van der Waals surface area contributed by atoms with Gasteiger partial charge in [-0.25, -0.2) is 0 Å². The van der Waals surface area contributed by atoms with Crippen LogP contribution in [0.2, 0.25) is 0 Å². The van der Waals surface area contributed by atoms with Gasteiger partial charge in [-0.2, -0.15) is 0 Å². The highest BCUT2D eigenvalue weighted by atomic mass is 16.5. The summed E-state index contributed by atoms with van der Waals surface area (Å²) >= 11 is 0. The molecule has 1 N–H and O–H groups in total. The van der Waals surface area contributed by atoms with Crippen molar-refractivity contribution in [1.29, 1.82) is 0 Å². The Bertz CT molecular complexity index is 460. The van der Waals surface area contributed by atoms with Crippen molar-refractivity contribution in [3.63, 3.8) is 0 Å². The first-order valence-electron chi connectivity index (χ1n) is 8.49. The maximum Gasteiger partial charge on any atom is 0.165 e. The van der Waals surface area contributed by atoms with Gasteiger partial charge in [-0.15, -0.1) is 0 Å². The largest absolute Gasteiger partial charge is 0.493 e. The molecule has 4 heteroatoms. The zero-order valence-electron chi connectivity index (χ0n) is 15.5. The Morgan fingerprint density at radius 2 is 1.78 bits per heavy atom. The smallest absolute Gasteiger partial charge is 0.165 e. The van der Waals surface area contributed by atoms with Crippen molar-refractivity contribution in [2.45, 2.75) is 46.8 Å². The number of benzene rings is 1. The Morgan fingerprint density at radius 1 is 1.09 bits per heavy atom. The summed E-state index contributed by atoms with van der Waals surface area (Å²) in [7, 11) is 3.32. The first kappa shape index (κ1) is 19.8. The summed E-state index contributed by atoms with van der Waals surface area (Å²) in [4.78, 5) is 2.31. The molecule has 0 radical (unpaired) electrons. The molecule has 0 amide bonds. The van der Waals surface area contributed by atoms with Gasteiger partial charge in [0.2, 0.25) is 0 Å². The molecule has 0 aliphatic carbocycles. The first-order valence-corrected chi connectivity index (χ1v) is 8.49. The number of nitrogens with zero attached hydrogens (tertiary/aromatic N) is 1. The maximum atomic E-state index is 10.3. The van der Waals surface area contributed by atoms with Crippen molar-refractivity contribution in [3.05, 3.63) is 23.8 Å². The van der Waals surface area contributed by atoms with E-state index in [1.165, 1.54) is 0 Å². The number of aliphatic hydroxyl groups excluding tert-OH is 1. The molecule has 4 nitrogen and oxygen atoms in total. The minimum absolute atomic E-state index is 0.253. The first-order chi connectivity index (χ1) is 10.9. The fourth-order valence-electron chi connectivity index (χ4n) is 2.47. The van der Waals surface area contributed by atoms with Crippen molar-refractivity contribution in [1.82, 2.24) is 4.90 Å². The topological polar surface area (TPSA) is 41.9 Å². The lowest BCUT2D eigenvalue weighted by atomic mass is 10.0. The molecule has 0 aliphatic rings. The lowest BCUT2D eigenvalue weighted by molar-refractivity contribution is 0.0708. The SMILES string of the molecule is COc1cccc(CN(CCC(C)C)C[C@H](O)C(C)C)c1OC. The molecule has 0 spiro atoms. The van der Waals surface area contributed by atoms with E-state index in [1.807, 2.05) is 12.1 Å². The van der Waals surface area contributed by atoms with Crippen LogP contribution in [0, 0.1) is 11.8 Å². The van der Waals surface area contributed by atoms with Gasteiger partial charge < -0.3 is 14.6 Å². The van der Waals surface area contributed by atoms with Crippen LogP contribution < -0.4 is 9.47 Å². The van der Waals surface area contributed by atoms with E-state index < -0.39 is 0 Å². The van der Waals surface area contributed by atoms with E-state index in [2.05, 4.69) is 38.7 Å². The third-order valence-corrected chi connectivity index (χ3v) is 4.12. The van der Waals surface area contributed by atoms with Crippen molar-refractivity contribution in [2.75, 3.05) is 27.3 Å². The molecule has 0 aliphatic heterocycles. The lowest BCUT2D eigenvalue weighted by Crippen LogP contribution is -2.36. The van der Waals surface area contributed by atoms with Gasteiger partial charge in [-0.3, -0.25) is 4.90 Å². The predicted molar refractivity (Wildman–Crippen MR) is 95.1 cm³/mol. The van der Waals surface area contributed by atoms with Crippen LogP contribution in [-0.2, 0) is 6.54 Å². The average molecular weight is 323 g/mol. The fourth-order valence-corrected chi connectivity index (χ4v) is 2.47. The summed E-state index contributed by atoms with van der Waals surface area (Å²) in [5, 5.41) is 10.3. The van der Waals surface area contributed by atoms with Gasteiger partial charge >= 0.3 is 0 Å². The Balaban J connectivity index is 2.90. The summed E-state index contributed by atoms with van der Waals surface area (Å²) in [6.45, 7) is 10.9. The summed E-state index contributed by atoms with van der Waals surface area (Å²) in [6, 6.07) is 5.95. The van der Waals surface area contributed by atoms with Crippen LogP contribution in [0.1, 0.15) is 39.7 Å². The summed E-state index contributed by atoms with van der Waals surface area (Å²) in [5.74, 6) is 2.42. The van der Waals surface area contributed by atoms with E-state index in [0.717, 1.165) is 36.6 Å². The fraction of sp³-hybridized carbons (Fsp3) is 0.684. The second kappa shape index (κ2) is 9.78. The van der Waals surface area contributed by atoms with Gasteiger partial charge in [-0.05, 0) is 30.9 Å². The van der Waals surface area contributed by atoms with Gasteiger partial charge in [-0.1, -0.05) is 39.8 Å². The highest BCUT2D eigenvalue weighted by molar-refractivity contribution is 5.46. The zero-order chi connectivity index (χ0) is 17.4. The number of rotatable bonds is 10. The second-order valence-corrected chi connectivity index (χ2v) is 6.88. The molecule has 0 fully saturated rings. The molecular weight excluding hydrogens is 290 g/mol. The van der Waals surface area contributed by atoms with Crippen molar-refractivity contribution >= 4 is 0 Å². The molecule has 0 saturated carbocycles. The van der Waals surface area contributed by atoms with E-state index in [-0.39, 0.29) is 12.0 Å². The predicted octanol–water partition coefficient (Wildman–Crippen LogP) is 3.57. The van der Waals surface area contributed by atoms with Crippen LogP contribution in [-0.4, -0.2) is 43.4 Å². The number of hydrogen-bond acceptors (Lipinski definition) is 4. The second-order valence-electron chi connectivity index (χ2n) is 6.88. The van der Waals surface area contributed by atoms with E-state index in [0.29, 0.717) is 12.5 Å². The molecule has 0 bridgehead atoms. The summed E-state index contributed by atoms with van der Waals surface area (Å²) < 4.78 is 10.9. The van der Waals surface area contributed by atoms with Crippen LogP contribution >= 0.6 is 0 Å². The average Bonchev–Trinajstić information content (AvgIpc) is 2.51. The maximum absolute atomic E-state index is 10.3. The van der Waals surface area contributed by atoms with Gasteiger partial charge in [0, 0.05) is 18.7 Å². The van der Waals surface area contributed by atoms with Crippen LogP contribution in [0.25, 0.3) is 0 Å². The molecule has 132 valence electrons. The van der Waals surface area contributed by atoms with Crippen molar-refractivity contribution in [2.24, 2.45) is 11.8 Å². The molecule has 0 saturated heterocycles. The Morgan fingerprint density at radius 3 is 2.30 bits per heavy atom.